The molecule has 1 aliphatic carbocycles. The lowest BCUT2D eigenvalue weighted by atomic mass is 9.83. The van der Waals surface area contributed by atoms with Crippen molar-refractivity contribution < 1.29 is 8.42 Å². The summed E-state index contributed by atoms with van der Waals surface area (Å²) >= 11 is 0. The zero-order valence-corrected chi connectivity index (χ0v) is 13.9. The van der Waals surface area contributed by atoms with Crippen molar-refractivity contribution in [3.05, 3.63) is 11.3 Å². The van der Waals surface area contributed by atoms with E-state index in [2.05, 4.69) is 27.2 Å². The van der Waals surface area contributed by atoms with Crippen molar-refractivity contribution in [1.29, 1.82) is 0 Å². The van der Waals surface area contributed by atoms with Gasteiger partial charge in [-0.1, -0.05) is 19.8 Å². The molecule has 0 bridgehead atoms. The summed E-state index contributed by atoms with van der Waals surface area (Å²) in [5.41, 5.74) is 1.50. The fourth-order valence-corrected chi connectivity index (χ4v) is 4.39. The number of aromatic amines is 1. The maximum Gasteiger partial charge on any atom is 0.260 e. The van der Waals surface area contributed by atoms with Crippen molar-refractivity contribution in [2.24, 2.45) is 11.8 Å². The molecule has 21 heavy (non-hydrogen) atoms. The van der Waals surface area contributed by atoms with Crippen molar-refractivity contribution >= 4 is 10.0 Å². The van der Waals surface area contributed by atoms with E-state index in [4.69, 9.17) is 0 Å². The van der Waals surface area contributed by atoms with Crippen LogP contribution in [-0.4, -0.2) is 32.2 Å². The Balaban J connectivity index is 2.04. The molecule has 7 heteroatoms. The number of nitrogens with zero attached hydrogens (tertiary/aromatic N) is 1. The SMILES string of the molecule is CNCc1c(S(=O)(=O)NCC2CCCC(C)C2)n[nH]c1C. The molecule has 2 unspecified atom stereocenters. The van der Waals surface area contributed by atoms with Gasteiger partial charge >= 0.3 is 0 Å². The number of sulfonamides is 1. The summed E-state index contributed by atoms with van der Waals surface area (Å²) in [5, 5.41) is 9.84. The molecular formula is C14H26N4O2S. The molecule has 0 aliphatic heterocycles. The number of nitrogens with one attached hydrogen (secondary N) is 3. The summed E-state index contributed by atoms with van der Waals surface area (Å²) in [5.74, 6) is 1.14. The second-order valence-electron chi connectivity index (χ2n) is 6.15. The standard InChI is InChI=1S/C14H26N4O2S/c1-10-5-4-6-12(7-10)8-16-21(19,20)14-13(9-15-3)11(2)17-18-14/h10,12,15-16H,4-9H2,1-3H3,(H,17,18). The van der Waals surface area contributed by atoms with E-state index in [1.807, 2.05) is 6.92 Å². The molecule has 120 valence electrons. The molecule has 2 atom stereocenters. The van der Waals surface area contributed by atoms with Crippen LogP contribution in [-0.2, 0) is 16.6 Å². The molecule has 1 aromatic rings. The number of rotatable bonds is 6. The third kappa shape index (κ3) is 4.05. The number of hydrogen-bond acceptors (Lipinski definition) is 4. The first-order valence-corrected chi connectivity index (χ1v) is 9.10. The normalized spacial score (nSPS) is 23.4. The van der Waals surface area contributed by atoms with Crippen LogP contribution >= 0.6 is 0 Å². The molecule has 0 aromatic carbocycles. The zero-order valence-electron chi connectivity index (χ0n) is 13.1. The van der Waals surface area contributed by atoms with E-state index < -0.39 is 10.0 Å². The average Bonchev–Trinajstić information content (AvgIpc) is 2.80. The molecule has 1 saturated carbocycles. The molecule has 0 radical (unpaired) electrons. The molecule has 2 rings (SSSR count). The van der Waals surface area contributed by atoms with Crippen LogP contribution in [0.4, 0.5) is 0 Å². The van der Waals surface area contributed by atoms with Crippen LogP contribution in [0.1, 0.15) is 43.9 Å². The summed E-state index contributed by atoms with van der Waals surface area (Å²) in [6, 6.07) is 0. The number of H-pyrrole nitrogens is 1. The molecule has 6 nitrogen and oxygen atoms in total. The first-order valence-electron chi connectivity index (χ1n) is 7.62. The summed E-state index contributed by atoms with van der Waals surface area (Å²) < 4.78 is 27.6. The van der Waals surface area contributed by atoms with Crippen LogP contribution in [0.25, 0.3) is 0 Å². The fraction of sp³-hybridized carbons (Fsp3) is 0.786. The van der Waals surface area contributed by atoms with Gasteiger partial charge in [-0.05, 0) is 38.6 Å². The lowest BCUT2D eigenvalue weighted by Gasteiger charge is -2.26. The minimum Gasteiger partial charge on any atom is -0.316 e. The van der Waals surface area contributed by atoms with Crippen LogP contribution in [0.15, 0.2) is 5.03 Å². The summed E-state index contributed by atoms with van der Waals surface area (Å²) in [4.78, 5) is 0. The number of hydrogen-bond donors (Lipinski definition) is 3. The molecule has 1 fully saturated rings. The fourth-order valence-electron chi connectivity index (χ4n) is 3.08. The minimum absolute atomic E-state index is 0.123. The lowest BCUT2D eigenvalue weighted by molar-refractivity contribution is 0.283. The highest BCUT2D eigenvalue weighted by Crippen LogP contribution is 2.28. The predicted octanol–water partition coefficient (Wildman–Crippen LogP) is 1.54. The van der Waals surface area contributed by atoms with Gasteiger partial charge in [-0.2, -0.15) is 5.10 Å². The van der Waals surface area contributed by atoms with Crippen LogP contribution in [0.2, 0.25) is 0 Å². The van der Waals surface area contributed by atoms with Gasteiger partial charge in [-0.3, -0.25) is 5.10 Å². The Hall–Kier alpha value is -0.920. The predicted molar refractivity (Wildman–Crippen MR) is 82.4 cm³/mol. The Bertz CT molecular complexity index is 568. The molecule has 0 amide bonds. The first kappa shape index (κ1) is 16.5. The van der Waals surface area contributed by atoms with Gasteiger partial charge in [0, 0.05) is 24.3 Å². The van der Waals surface area contributed by atoms with Gasteiger partial charge in [-0.25, -0.2) is 13.1 Å². The van der Waals surface area contributed by atoms with E-state index in [-0.39, 0.29) is 5.03 Å². The topological polar surface area (TPSA) is 86.9 Å². The highest BCUT2D eigenvalue weighted by atomic mass is 32.2. The largest absolute Gasteiger partial charge is 0.316 e. The first-order chi connectivity index (χ1) is 9.94. The van der Waals surface area contributed by atoms with E-state index in [1.165, 1.54) is 12.8 Å². The van der Waals surface area contributed by atoms with E-state index in [0.717, 1.165) is 18.5 Å². The Labute approximate surface area is 127 Å². The van der Waals surface area contributed by atoms with Crippen molar-refractivity contribution in [2.45, 2.75) is 51.1 Å². The van der Waals surface area contributed by atoms with Crippen molar-refractivity contribution in [1.82, 2.24) is 20.2 Å². The van der Waals surface area contributed by atoms with E-state index >= 15 is 0 Å². The van der Waals surface area contributed by atoms with Gasteiger partial charge in [0.05, 0.1) is 0 Å². The molecule has 1 aliphatic rings. The smallest absolute Gasteiger partial charge is 0.260 e. The van der Waals surface area contributed by atoms with E-state index in [0.29, 0.717) is 30.5 Å². The number of aryl methyl sites for hydroxylation is 1. The zero-order chi connectivity index (χ0) is 15.5. The van der Waals surface area contributed by atoms with Gasteiger partial charge < -0.3 is 5.32 Å². The third-order valence-electron chi connectivity index (χ3n) is 4.25. The maximum absolute atomic E-state index is 12.4. The monoisotopic (exact) mass is 314 g/mol. The highest BCUT2D eigenvalue weighted by Gasteiger charge is 2.26. The molecular weight excluding hydrogens is 288 g/mol. The molecule has 1 heterocycles. The maximum atomic E-state index is 12.4. The van der Waals surface area contributed by atoms with Gasteiger partial charge in [0.15, 0.2) is 5.03 Å². The third-order valence-corrected chi connectivity index (χ3v) is 5.64. The second-order valence-corrected chi connectivity index (χ2v) is 7.83. The van der Waals surface area contributed by atoms with E-state index in [1.54, 1.807) is 7.05 Å². The van der Waals surface area contributed by atoms with Gasteiger partial charge in [0.1, 0.15) is 0 Å². The van der Waals surface area contributed by atoms with Crippen molar-refractivity contribution in [3.63, 3.8) is 0 Å². The van der Waals surface area contributed by atoms with Crippen molar-refractivity contribution in [2.75, 3.05) is 13.6 Å². The molecule has 0 spiro atoms. The minimum atomic E-state index is -3.54. The Kier molecular flexibility index (Phi) is 5.40. The summed E-state index contributed by atoms with van der Waals surface area (Å²) in [6.07, 6.45) is 4.66. The van der Waals surface area contributed by atoms with Crippen LogP contribution < -0.4 is 10.0 Å². The summed E-state index contributed by atoms with van der Waals surface area (Å²) in [7, 11) is -1.75. The Morgan fingerprint density at radius 1 is 1.38 bits per heavy atom. The van der Waals surface area contributed by atoms with Gasteiger partial charge in [-0.15, -0.1) is 0 Å². The molecule has 3 N–H and O–H groups in total. The molecule has 1 aromatic heterocycles. The lowest BCUT2D eigenvalue weighted by Crippen LogP contribution is -2.32. The second kappa shape index (κ2) is 6.89. The van der Waals surface area contributed by atoms with Gasteiger partial charge in [0.25, 0.3) is 10.0 Å². The van der Waals surface area contributed by atoms with Crippen LogP contribution in [0.5, 0.6) is 0 Å². The average molecular weight is 314 g/mol. The quantitative estimate of drug-likeness (QED) is 0.743. The van der Waals surface area contributed by atoms with Gasteiger partial charge in [0.2, 0.25) is 0 Å². The highest BCUT2D eigenvalue weighted by molar-refractivity contribution is 7.89. The van der Waals surface area contributed by atoms with Crippen LogP contribution in [0, 0.1) is 18.8 Å². The van der Waals surface area contributed by atoms with Crippen LogP contribution in [0.3, 0.4) is 0 Å². The van der Waals surface area contributed by atoms with E-state index in [9.17, 15) is 8.42 Å². The van der Waals surface area contributed by atoms with Crippen molar-refractivity contribution in [3.8, 4) is 0 Å². The molecule has 0 saturated heterocycles. The number of aromatic nitrogens is 2. The Morgan fingerprint density at radius 2 is 2.14 bits per heavy atom. The Morgan fingerprint density at radius 3 is 2.81 bits per heavy atom. The summed E-state index contributed by atoms with van der Waals surface area (Å²) in [6.45, 7) is 5.07.